The molecule has 1 aromatic heterocycles. The van der Waals surface area contributed by atoms with Gasteiger partial charge >= 0.3 is 0 Å². The van der Waals surface area contributed by atoms with Crippen LogP contribution in [0.2, 0.25) is 0 Å². The maximum atomic E-state index is 12.1. The van der Waals surface area contributed by atoms with Crippen LogP contribution in [0.4, 0.5) is 5.13 Å². The summed E-state index contributed by atoms with van der Waals surface area (Å²) in [6, 6.07) is 0. The number of rotatable bonds is 5. The number of hydrogen-bond acceptors (Lipinski definition) is 5. The van der Waals surface area contributed by atoms with Gasteiger partial charge in [0.25, 0.3) is 5.91 Å². The van der Waals surface area contributed by atoms with Gasteiger partial charge in [-0.15, -0.1) is 0 Å². The largest absolute Gasteiger partial charge is 0.396 e. The van der Waals surface area contributed by atoms with Crippen LogP contribution in [-0.4, -0.2) is 28.1 Å². The third-order valence-corrected chi connectivity index (χ3v) is 3.86. The van der Waals surface area contributed by atoms with E-state index in [1.807, 2.05) is 13.8 Å². The zero-order valence-electron chi connectivity index (χ0n) is 10.4. The van der Waals surface area contributed by atoms with Crippen molar-refractivity contribution in [1.29, 1.82) is 0 Å². The summed E-state index contributed by atoms with van der Waals surface area (Å²) in [6.45, 7) is 5.70. The maximum absolute atomic E-state index is 12.1. The molecule has 0 fully saturated rings. The molecule has 0 aliphatic carbocycles. The highest BCUT2D eigenvalue weighted by atomic mass is 32.1. The second kappa shape index (κ2) is 5.46. The van der Waals surface area contributed by atoms with Gasteiger partial charge in [-0.25, -0.2) is 4.98 Å². The molecule has 0 aliphatic heterocycles. The average molecular weight is 257 g/mol. The minimum atomic E-state index is -0.392. The van der Waals surface area contributed by atoms with Crippen LogP contribution in [0.5, 0.6) is 0 Å². The summed E-state index contributed by atoms with van der Waals surface area (Å²) in [5.74, 6) is -0.172. The Bertz CT molecular complexity index is 405. The summed E-state index contributed by atoms with van der Waals surface area (Å²) < 4.78 is 0. The first-order chi connectivity index (χ1) is 7.91. The monoisotopic (exact) mass is 257 g/mol. The van der Waals surface area contributed by atoms with Gasteiger partial charge in [-0.1, -0.05) is 18.3 Å². The smallest absolute Gasteiger partial charge is 0.263 e. The van der Waals surface area contributed by atoms with Gasteiger partial charge in [-0.3, -0.25) is 4.79 Å². The number of carbonyl (C=O) groups is 1. The molecule has 0 bridgehead atoms. The number of thiazole rings is 1. The summed E-state index contributed by atoms with van der Waals surface area (Å²) in [4.78, 5) is 16.6. The van der Waals surface area contributed by atoms with E-state index < -0.39 is 5.54 Å². The molecular formula is C11H19N3O2S. The second-order valence-corrected chi connectivity index (χ2v) is 5.34. The predicted molar refractivity (Wildman–Crippen MR) is 69.1 cm³/mol. The molecule has 1 amide bonds. The summed E-state index contributed by atoms with van der Waals surface area (Å²) in [6.07, 6.45) is 1.29. The molecule has 0 spiro atoms. The zero-order valence-corrected chi connectivity index (χ0v) is 11.2. The minimum absolute atomic E-state index is 0.0500. The molecule has 1 heterocycles. The SMILES string of the molecule is CCC(C)(CCO)NC(=O)c1sc(N)nc1C. The fourth-order valence-electron chi connectivity index (χ4n) is 1.53. The van der Waals surface area contributed by atoms with Gasteiger partial charge < -0.3 is 16.2 Å². The highest BCUT2D eigenvalue weighted by Crippen LogP contribution is 2.21. The van der Waals surface area contributed by atoms with Gasteiger partial charge in [-0.2, -0.15) is 0 Å². The van der Waals surface area contributed by atoms with Crippen molar-refractivity contribution < 1.29 is 9.90 Å². The van der Waals surface area contributed by atoms with Crippen LogP contribution in [0.3, 0.4) is 0 Å². The van der Waals surface area contributed by atoms with Crippen LogP contribution >= 0.6 is 11.3 Å². The van der Waals surface area contributed by atoms with Crippen LogP contribution in [0.1, 0.15) is 42.1 Å². The van der Waals surface area contributed by atoms with Gasteiger partial charge in [-0.05, 0) is 26.7 Å². The molecule has 17 heavy (non-hydrogen) atoms. The fraction of sp³-hybridized carbons (Fsp3) is 0.636. The molecule has 1 unspecified atom stereocenters. The minimum Gasteiger partial charge on any atom is -0.396 e. The lowest BCUT2D eigenvalue weighted by atomic mass is 9.95. The number of nitrogens with zero attached hydrogens (tertiary/aromatic N) is 1. The van der Waals surface area contributed by atoms with Crippen molar-refractivity contribution in [1.82, 2.24) is 10.3 Å². The predicted octanol–water partition coefficient (Wildman–Crippen LogP) is 1.31. The quantitative estimate of drug-likeness (QED) is 0.742. The second-order valence-electron chi connectivity index (χ2n) is 4.31. The molecule has 96 valence electrons. The molecule has 4 N–H and O–H groups in total. The highest BCUT2D eigenvalue weighted by molar-refractivity contribution is 7.17. The molecule has 0 aromatic carbocycles. The zero-order chi connectivity index (χ0) is 13.1. The number of nitrogen functional groups attached to an aromatic ring is 1. The number of aliphatic hydroxyl groups is 1. The lowest BCUT2D eigenvalue weighted by Crippen LogP contribution is -2.46. The van der Waals surface area contributed by atoms with Crippen molar-refractivity contribution in [3.8, 4) is 0 Å². The van der Waals surface area contributed by atoms with Gasteiger partial charge in [0.15, 0.2) is 5.13 Å². The van der Waals surface area contributed by atoms with E-state index in [0.717, 1.165) is 6.42 Å². The molecule has 0 saturated heterocycles. The van der Waals surface area contributed by atoms with E-state index in [4.69, 9.17) is 10.8 Å². The molecule has 0 radical (unpaired) electrons. The van der Waals surface area contributed by atoms with E-state index in [2.05, 4.69) is 10.3 Å². The molecule has 0 saturated carbocycles. The Labute approximate surface area is 105 Å². The topological polar surface area (TPSA) is 88.2 Å². The first kappa shape index (κ1) is 13.9. The fourth-order valence-corrected chi connectivity index (χ4v) is 2.26. The van der Waals surface area contributed by atoms with Crippen molar-refractivity contribution in [2.45, 2.75) is 39.2 Å². The summed E-state index contributed by atoms with van der Waals surface area (Å²) >= 11 is 1.18. The molecule has 1 aromatic rings. The van der Waals surface area contributed by atoms with E-state index in [1.165, 1.54) is 11.3 Å². The van der Waals surface area contributed by atoms with Gasteiger partial charge in [0.2, 0.25) is 0 Å². The third-order valence-electron chi connectivity index (χ3n) is 2.88. The number of anilines is 1. The van der Waals surface area contributed by atoms with Gasteiger partial charge in [0.05, 0.1) is 5.69 Å². The Kier molecular flexibility index (Phi) is 4.47. The number of nitrogens with one attached hydrogen (secondary N) is 1. The third kappa shape index (κ3) is 3.41. The van der Waals surface area contributed by atoms with Crippen LogP contribution in [0.25, 0.3) is 0 Å². The number of aryl methyl sites for hydroxylation is 1. The Balaban J connectivity index is 2.81. The highest BCUT2D eigenvalue weighted by Gasteiger charge is 2.26. The van der Waals surface area contributed by atoms with E-state index in [1.54, 1.807) is 6.92 Å². The van der Waals surface area contributed by atoms with Gasteiger partial charge in [0.1, 0.15) is 4.88 Å². The summed E-state index contributed by atoms with van der Waals surface area (Å²) in [5, 5.41) is 12.3. The van der Waals surface area contributed by atoms with Crippen molar-refractivity contribution in [3.63, 3.8) is 0 Å². The maximum Gasteiger partial charge on any atom is 0.263 e. The Morgan fingerprint density at radius 3 is 2.71 bits per heavy atom. The van der Waals surface area contributed by atoms with Crippen molar-refractivity contribution in [2.24, 2.45) is 0 Å². The number of carbonyl (C=O) groups excluding carboxylic acids is 1. The molecule has 0 aliphatic rings. The van der Waals surface area contributed by atoms with Crippen molar-refractivity contribution >= 4 is 22.4 Å². The lowest BCUT2D eigenvalue weighted by molar-refractivity contribution is 0.0889. The molecule has 6 heteroatoms. The number of aromatic nitrogens is 1. The molecule has 1 rings (SSSR count). The standard InChI is InChI=1S/C11H19N3O2S/c1-4-11(3,5-6-15)14-9(16)8-7(2)13-10(12)17-8/h15H,4-6H2,1-3H3,(H2,12,13)(H,14,16). The average Bonchev–Trinajstić information content (AvgIpc) is 2.58. The first-order valence-corrected chi connectivity index (χ1v) is 6.40. The normalized spacial score (nSPS) is 14.4. The molecular weight excluding hydrogens is 238 g/mol. The van der Waals surface area contributed by atoms with Crippen LogP contribution in [0, 0.1) is 6.92 Å². The Hall–Kier alpha value is -1.14. The Morgan fingerprint density at radius 1 is 1.65 bits per heavy atom. The first-order valence-electron chi connectivity index (χ1n) is 5.58. The molecule has 1 atom stereocenters. The van der Waals surface area contributed by atoms with E-state index in [0.29, 0.717) is 22.1 Å². The van der Waals surface area contributed by atoms with Crippen LogP contribution in [-0.2, 0) is 0 Å². The van der Waals surface area contributed by atoms with Gasteiger partial charge in [0, 0.05) is 12.1 Å². The number of aliphatic hydroxyl groups excluding tert-OH is 1. The molecule has 5 nitrogen and oxygen atoms in total. The summed E-state index contributed by atoms with van der Waals surface area (Å²) in [5.41, 5.74) is 5.81. The van der Waals surface area contributed by atoms with E-state index in [9.17, 15) is 4.79 Å². The van der Waals surface area contributed by atoms with Crippen molar-refractivity contribution in [3.05, 3.63) is 10.6 Å². The van der Waals surface area contributed by atoms with E-state index >= 15 is 0 Å². The number of nitrogens with two attached hydrogens (primary N) is 1. The number of hydrogen-bond donors (Lipinski definition) is 3. The van der Waals surface area contributed by atoms with E-state index in [-0.39, 0.29) is 12.5 Å². The Morgan fingerprint density at radius 2 is 2.29 bits per heavy atom. The van der Waals surface area contributed by atoms with Crippen LogP contribution in [0.15, 0.2) is 0 Å². The summed E-state index contributed by atoms with van der Waals surface area (Å²) in [7, 11) is 0. The lowest BCUT2D eigenvalue weighted by Gasteiger charge is -2.28. The van der Waals surface area contributed by atoms with Crippen molar-refractivity contribution in [2.75, 3.05) is 12.3 Å². The number of amides is 1. The van der Waals surface area contributed by atoms with Crippen LogP contribution < -0.4 is 11.1 Å².